The van der Waals surface area contributed by atoms with Crippen molar-refractivity contribution >= 4 is 85.6 Å². The number of anilines is 2. The molecule has 1 aliphatic carbocycles. The number of nitrogens with zero attached hydrogens (tertiary/aromatic N) is 3. The average Bonchev–Trinajstić information content (AvgIpc) is 4.00. The molecule has 2 radical (unpaired) electrons. The molecule has 330 valence electrons. The van der Waals surface area contributed by atoms with Gasteiger partial charge in [0.25, 0.3) is 11.5 Å². The highest BCUT2D eigenvalue weighted by molar-refractivity contribution is 8.30. The minimum Gasteiger partial charge on any atom is -0.480 e. The second kappa shape index (κ2) is 24.8. The van der Waals surface area contributed by atoms with Gasteiger partial charge in [0, 0.05) is 34.8 Å². The molecule has 6 rings (SSSR count). The van der Waals surface area contributed by atoms with Gasteiger partial charge in [0.05, 0.1) is 4.53 Å². The van der Waals surface area contributed by atoms with E-state index >= 15 is 0 Å². The molecule has 0 bridgehead atoms. The van der Waals surface area contributed by atoms with Crippen LogP contribution in [0.15, 0.2) is 52.2 Å². The molecule has 3 aliphatic rings. The van der Waals surface area contributed by atoms with Crippen LogP contribution < -0.4 is 19.7 Å². The summed E-state index contributed by atoms with van der Waals surface area (Å²) in [6.07, 6.45) is 29.8. The van der Waals surface area contributed by atoms with Crippen LogP contribution in [-0.4, -0.2) is 49.1 Å². The zero-order valence-corrected chi connectivity index (χ0v) is 39.6. The normalized spacial score (nSPS) is 18.5. The van der Waals surface area contributed by atoms with Crippen LogP contribution in [0.5, 0.6) is 0 Å². The number of hydrogen-bond acceptors (Lipinski definition) is 8. The summed E-state index contributed by atoms with van der Waals surface area (Å²) in [6.45, 7) is 7.88. The second-order valence-electron chi connectivity index (χ2n) is 17.1. The minimum atomic E-state index is -1.13. The number of benzene rings is 2. The Morgan fingerprint density at radius 1 is 0.852 bits per heavy atom. The molecular weight excluding hydrogens is 835 g/mol. The van der Waals surface area contributed by atoms with Crippen molar-refractivity contribution < 1.29 is 14.7 Å². The first-order chi connectivity index (χ1) is 29.8. The van der Waals surface area contributed by atoms with Gasteiger partial charge in [-0.25, -0.2) is 0 Å². The Kier molecular flexibility index (Phi) is 19.4. The van der Waals surface area contributed by atoms with Gasteiger partial charge in [0.15, 0.2) is 0 Å². The number of rotatable bonds is 27. The number of hydrogen-bond donors (Lipinski definition) is 1. The fraction of sp³-hybridized carbons (Fsp3) is 0.580. The maximum Gasteiger partial charge on any atom is 0.323 e. The third-order valence-corrected chi connectivity index (χ3v) is 16.3. The van der Waals surface area contributed by atoms with Crippen LogP contribution in [0.2, 0.25) is 0 Å². The van der Waals surface area contributed by atoms with Gasteiger partial charge in [0.1, 0.15) is 20.4 Å². The number of thioether (sulfide) groups is 2. The predicted molar refractivity (Wildman–Crippen MR) is 263 cm³/mol. The van der Waals surface area contributed by atoms with Crippen LogP contribution in [0.4, 0.5) is 11.4 Å². The fourth-order valence-corrected chi connectivity index (χ4v) is 12.8. The van der Waals surface area contributed by atoms with Crippen molar-refractivity contribution in [2.45, 2.75) is 178 Å². The predicted octanol–water partition coefficient (Wildman–Crippen LogP) is 12.2. The molecule has 1 saturated heterocycles. The molecular formula is C50H67N3O4S4. The lowest BCUT2D eigenvalue weighted by atomic mass is 9.96. The Hall–Kier alpha value is -2.86. The number of carbonyl (C=O) groups is 2. The second-order valence-corrected chi connectivity index (χ2v) is 21.0. The first-order valence-electron chi connectivity index (χ1n) is 23.4. The number of amides is 1. The monoisotopic (exact) mass is 901 g/mol. The number of thiocarbonyl (C=S) groups is 1. The van der Waals surface area contributed by atoms with E-state index < -0.39 is 18.1 Å². The van der Waals surface area contributed by atoms with Gasteiger partial charge in [0.2, 0.25) is 0 Å². The average molecular weight is 902 g/mol. The molecule has 2 unspecified atom stereocenters. The van der Waals surface area contributed by atoms with Crippen LogP contribution in [0.25, 0.3) is 11.0 Å². The van der Waals surface area contributed by atoms with E-state index in [0.29, 0.717) is 36.9 Å². The summed E-state index contributed by atoms with van der Waals surface area (Å²) in [4.78, 5) is 45.5. The number of carbonyl (C=O) groups excluding carboxylic acids is 1. The molecule has 3 heterocycles. The van der Waals surface area contributed by atoms with Crippen molar-refractivity contribution in [2.24, 2.45) is 0 Å². The summed E-state index contributed by atoms with van der Waals surface area (Å²) < 4.78 is 2.49. The third kappa shape index (κ3) is 13.1. The summed E-state index contributed by atoms with van der Waals surface area (Å²) in [5.74, 6) is 0.194. The Labute approximate surface area is 382 Å². The molecule has 61 heavy (non-hydrogen) atoms. The highest BCUT2D eigenvalue weighted by Gasteiger charge is 2.42. The van der Waals surface area contributed by atoms with E-state index in [-0.39, 0.29) is 5.91 Å². The smallest absolute Gasteiger partial charge is 0.323 e. The van der Waals surface area contributed by atoms with Gasteiger partial charge in [-0.3, -0.25) is 23.9 Å². The van der Waals surface area contributed by atoms with Crippen LogP contribution in [0.3, 0.4) is 0 Å². The van der Waals surface area contributed by atoms with Crippen molar-refractivity contribution in [1.82, 2.24) is 9.47 Å². The molecule has 11 heteroatoms. The number of carboxylic acid groups (broad SMARTS) is 1. The number of unbranched alkanes of at least 4 members (excludes halogenated alkanes) is 18. The van der Waals surface area contributed by atoms with E-state index in [1.165, 1.54) is 152 Å². The molecule has 1 aromatic heterocycles. The van der Waals surface area contributed by atoms with Gasteiger partial charge in [-0.15, -0.1) is 23.1 Å². The third-order valence-electron chi connectivity index (χ3n) is 12.5. The van der Waals surface area contributed by atoms with Gasteiger partial charge < -0.3 is 10.0 Å². The van der Waals surface area contributed by atoms with E-state index in [9.17, 15) is 19.5 Å². The van der Waals surface area contributed by atoms with Crippen molar-refractivity contribution in [2.75, 3.05) is 17.2 Å². The van der Waals surface area contributed by atoms with E-state index in [2.05, 4.69) is 54.3 Å². The summed E-state index contributed by atoms with van der Waals surface area (Å²) in [6, 6.07) is 15.9. The number of fused-ring (bicyclic) bond motifs is 3. The molecule has 2 fully saturated rings. The van der Waals surface area contributed by atoms with Crippen LogP contribution in [0.1, 0.15) is 172 Å². The summed E-state index contributed by atoms with van der Waals surface area (Å²) in [5, 5.41) is 9.82. The number of carboxylic acids is 1. The Morgan fingerprint density at radius 3 is 2.15 bits per heavy atom. The zero-order chi connectivity index (χ0) is 43.0. The Balaban J connectivity index is 1.10. The van der Waals surface area contributed by atoms with Gasteiger partial charge in [-0.05, 0) is 98.4 Å². The summed E-state index contributed by atoms with van der Waals surface area (Å²) in [7, 11) is 0. The Morgan fingerprint density at radius 2 is 1.49 bits per heavy atom. The molecule has 1 N–H and O–H groups in total. The first kappa shape index (κ1) is 47.6. The quantitative estimate of drug-likeness (QED) is 0.0460. The molecule has 3 aromatic rings. The van der Waals surface area contributed by atoms with E-state index in [0.717, 1.165) is 56.3 Å². The largest absolute Gasteiger partial charge is 0.480 e. The van der Waals surface area contributed by atoms with Gasteiger partial charge in [-0.2, -0.15) is 0 Å². The fourth-order valence-electron chi connectivity index (χ4n) is 9.27. The molecule has 2 aliphatic heterocycles. The molecule has 2 aromatic carbocycles. The minimum absolute atomic E-state index is 0.234. The highest BCUT2D eigenvalue weighted by atomic mass is 32.2. The SMILES string of the molecule is [CH]CCCCCCCCCSc1ccc(N2c3ccc(/C=c4\s/c(=C5/SC(=S)N(CCCCCCCCCCCCCC)C5=O)n(CC(=O)O)c4=O)cc3C3CCCC32)cc1. The van der Waals surface area contributed by atoms with Gasteiger partial charge in [-0.1, -0.05) is 153 Å². The maximum absolute atomic E-state index is 13.9. The van der Waals surface area contributed by atoms with Crippen LogP contribution >= 0.6 is 47.1 Å². The van der Waals surface area contributed by atoms with Gasteiger partial charge >= 0.3 is 5.97 Å². The van der Waals surface area contributed by atoms with E-state index in [4.69, 9.17) is 19.1 Å². The summed E-state index contributed by atoms with van der Waals surface area (Å²) >= 11 is 9.98. The number of aliphatic carboxylic acids is 1. The van der Waals surface area contributed by atoms with E-state index in [1.54, 1.807) is 4.90 Å². The van der Waals surface area contributed by atoms with Crippen molar-refractivity contribution in [3.63, 3.8) is 0 Å². The maximum atomic E-state index is 13.9. The highest BCUT2D eigenvalue weighted by Crippen LogP contribution is 2.52. The molecule has 7 nitrogen and oxygen atoms in total. The van der Waals surface area contributed by atoms with Crippen molar-refractivity contribution in [1.29, 1.82) is 0 Å². The summed E-state index contributed by atoms with van der Waals surface area (Å²) in [5.41, 5.74) is 4.25. The topological polar surface area (TPSA) is 82.8 Å². The lowest BCUT2D eigenvalue weighted by Crippen LogP contribution is -2.35. The lowest BCUT2D eigenvalue weighted by Gasteiger charge is -2.27. The van der Waals surface area contributed by atoms with E-state index in [1.807, 2.05) is 17.8 Å². The Bertz CT molecular complexity index is 2090. The van der Waals surface area contributed by atoms with Crippen molar-refractivity contribution in [3.8, 4) is 0 Å². The molecule has 0 spiro atoms. The number of thiazole rings is 1. The first-order valence-corrected chi connectivity index (χ1v) is 26.4. The molecule has 1 amide bonds. The lowest BCUT2D eigenvalue weighted by molar-refractivity contribution is -0.137. The van der Waals surface area contributed by atoms with Crippen LogP contribution in [-0.2, 0) is 16.1 Å². The molecule has 1 saturated carbocycles. The standard InChI is InChI=1S/C50H67N3O4S4/c1-3-5-7-9-11-13-14-15-16-17-19-21-32-51-48(57)46(61-50(51)58)49-52(36-45(54)55)47(56)44(60-49)35-37-26-31-43-41(34-37)40-24-23-25-42(40)53(43)38-27-29-39(30-28-38)59-33-22-20-18-12-10-8-6-4-2/h2,26-31,34-35,40,42H,3-25,32-33,36H2,1H3,(H,54,55)/b44-35-,49-46+. The van der Waals surface area contributed by atoms with Crippen LogP contribution in [0, 0.1) is 6.92 Å². The number of aromatic nitrogens is 1. The zero-order valence-electron chi connectivity index (χ0n) is 36.4. The van der Waals surface area contributed by atoms with Crippen molar-refractivity contribution in [3.05, 3.63) is 80.1 Å². The molecule has 2 atom stereocenters.